The van der Waals surface area contributed by atoms with Crippen molar-refractivity contribution in [2.45, 2.75) is 112 Å². The van der Waals surface area contributed by atoms with Gasteiger partial charge in [-0.05, 0) is 130 Å². The molecule has 4 nitrogen and oxygen atoms in total. The van der Waals surface area contributed by atoms with Crippen LogP contribution in [-0.2, 0) is 4.43 Å². The largest absolute Gasteiger partial charge is 0.419 e. The predicted octanol–water partition coefficient (Wildman–Crippen LogP) is 5.66. The summed E-state index contributed by atoms with van der Waals surface area (Å²) in [5.74, 6) is 0. The molecule has 0 heterocycles. The lowest BCUT2D eigenvalue weighted by Crippen LogP contribution is -2.32. The van der Waals surface area contributed by atoms with Crippen LogP contribution in [0.3, 0.4) is 0 Å². The molecule has 0 aromatic rings. The molecule has 194 valence electrons. The molecule has 32 heavy (non-hydrogen) atoms. The van der Waals surface area contributed by atoms with E-state index in [0.717, 1.165) is 0 Å². The van der Waals surface area contributed by atoms with Crippen molar-refractivity contribution < 1.29 is 4.43 Å². The summed E-state index contributed by atoms with van der Waals surface area (Å²) in [5, 5.41) is 0. The van der Waals surface area contributed by atoms with E-state index in [4.69, 9.17) is 4.43 Å². The first kappa shape index (κ1) is 32.1. The second-order valence-corrected chi connectivity index (χ2v) is 11.8. The standard InChI is InChI=1S/C27H61N3OSi/c1-10-28(11-2)22-16-19-27(25-32-31-26(7,8)9,20-17-23-29(12-3)13-4)21-18-24-30(14-5)15-6/h10-25,32H2,1-9H3. The summed E-state index contributed by atoms with van der Waals surface area (Å²) in [4.78, 5) is 7.79. The zero-order valence-electron chi connectivity index (χ0n) is 23.8. The molecule has 0 saturated heterocycles. The molecule has 0 N–H and O–H groups in total. The molecule has 5 heteroatoms. The first-order chi connectivity index (χ1) is 15.2. The van der Waals surface area contributed by atoms with Crippen molar-refractivity contribution in [2.24, 2.45) is 5.41 Å². The van der Waals surface area contributed by atoms with E-state index in [2.05, 4.69) is 77.0 Å². The highest BCUT2D eigenvalue weighted by Gasteiger charge is 2.30. The van der Waals surface area contributed by atoms with Crippen molar-refractivity contribution in [1.29, 1.82) is 0 Å². The topological polar surface area (TPSA) is 19.0 Å². The lowest BCUT2D eigenvalue weighted by atomic mass is 9.76. The molecular formula is C27H61N3OSi. The van der Waals surface area contributed by atoms with Crippen LogP contribution in [0.1, 0.15) is 101 Å². The van der Waals surface area contributed by atoms with Crippen molar-refractivity contribution >= 4 is 9.76 Å². The Balaban J connectivity index is 5.30. The minimum absolute atomic E-state index is 0.0155. The van der Waals surface area contributed by atoms with Gasteiger partial charge in [0.1, 0.15) is 0 Å². The summed E-state index contributed by atoms with van der Waals surface area (Å²) in [5.41, 5.74) is 0.493. The Morgan fingerprint density at radius 1 is 0.562 bits per heavy atom. The Morgan fingerprint density at radius 2 is 0.875 bits per heavy atom. The maximum Gasteiger partial charge on any atom is 0.162 e. The Hall–Kier alpha value is 0.0569. The molecule has 0 spiro atoms. The van der Waals surface area contributed by atoms with Crippen molar-refractivity contribution in [3.63, 3.8) is 0 Å². The SMILES string of the molecule is CCN(CC)CCCC(CCCN(CC)CC)(CCCN(CC)CC)C[SiH2]OC(C)(C)C. The van der Waals surface area contributed by atoms with Gasteiger partial charge in [0.15, 0.2) is 9.76 Å². The van der Waals surface area contributed by atoms with E-state index < -0.39 is 9.76 Å². The summed E-state index contributed by atoms with van der Waals surface area (Å²) >= 11 is 0. The van der Waals surface area contributed by atoms with Crippen molar-refractivity contribution in [1.82, 2.24) is 14.7 Å². The van der Waals surface area contributed by atoms with Crippen LogP contribution in [0.25, 0.3) is 0 Å². The third-order valence-corrected chi connectivity index (χ3v) is 9.73. The average molecular weight is 472 g/mol. The van der Waals surface area contributed by atoms with Gasteiger partial charge in [-0.3, -0.25) is 0 Å². The van der Waals surface area contributed by atoms with Crippen LogP contribution < -0.4 is 0 Å². The molecule has 0 aromatic carbocycles. The molecular weight excluding hydrogens is 410 g/mol. The minimum atomic E-state index is -0.511. The fourth-order valence-corrected chi connectivity index (χ4v) is 6.87. The lowest BCUT2D eigenvalue weighted by Gasteiger charge is -2.37. The smallest absolute Gasteiger partial charge is 0.162 e. The quantitative estimate of drug-likeness (QED) is 0.201. The van der Waals surface area contributed by atoms with E-state index in [1.165, 1.54) is 103 Å². The highest BCUT2D eigenvalue weighted by atomic mass is 28.2. The number of hydrogen-bond donors (Lipinski definition) is 0. The highest BCUT2D eigenvalue weighted by Crippen LogP contribution is 2.39. The molecule has 0 fully saturated rings. The van der Waals surface area contributed by atoms with E-state index in [1.54, 1.807) is 0 Å². The summed E-state index contributed by atoms with van der Waals surface area (Å²) in [7, 11) is -0.511. The molecule has 0 aliphatic rings. The Bertz CT molecular complexity index is 370. The van der Waals surface area contributed by atoms with Gasteiger partial charge in [0.25, 0.3) is 0 Å². The van der Waals surface area contributed by atoms with E-state index in [-0.39, 0.29) is 5.60 Å². The van der Waals surface area contributed by atoms with Gasteiger partial charge in [-0.25, -0.2) is 0 Å². The third-order valence-electron chi connectivity index (χ3n) is 7.40. The molecule has 0 unspecified atom stereocenters. The van der Waals surface area contributed by atoms with Crippen molar-refractivity contribution in [3.8, 4) is 0 Å². The summed E-state index contributed by atoms with van der Waals surface area (Å²) < 4.78 is 6.40. The van der Waals surface area contributed by atoms with Crippen LogP contribution >= 0.6 is 0 Å². The van der Waals surface area contributed by atoms with E-state index >= 15 is 0 Å². The summed E-state index contributed by atoms with van der Waals surface area (Å²) in [6, 6.07) is 1.35. The zero-order valence-corrected chi connectivity index (χ0v) is 25.2. The normalized spacial score (nSPS) is 13.5. The third kappa shape index (κ3) is 15.1. The molecule has 0 aromatic heterocycles. The summed E-state index contributed by atoms with van der Waals surface area (Å²) in [6.07, 6.45) is 8.13. The van der Waals surface area contributed by atoms with Gasteiger partial charge in [0.2, 0.25) is 0 Å². The first-order valence-electron chi connectivity index (χ1n) is 14.0. The summed E-state index contributed by atoms with van der Waals surface area (Å²) in [6.45, 7) is 31.3. The van der Waals surface area contributed by atoms with Gasteiger partial charge in [-0.2, -0.15) is 0 Å². The number of hydrogen-bond acceptors (Lipinski definition) is 4. The van der Waals surface area contributed by atoms with Crippen molar-refractivity contribution in [2.75, 3.05) is 58.9 Å². The van der Waals surface area contributed by atoms with Crippen LogP contribution in [0.2, 0.25) is 6.04 Å². The van der Waals surface area contributed by atoms with Gasteiger partial charge in [0, 0.05) is 5.60 Å². The molecule has 0 aliphatic heterocycles. The fourth-order valence-electron chi connectivity index (χ4n) is 4.98. The first-order valence-corrected chi connectivity index (χ1v) is 15.6. The Labute approximate surface area is 205 Å². The van der Waals surface area contributed by atoms with Gasteiger partial charge < -0.3 is 19.1 Å². The molecule has 0 rings (SSSR count). The van der Waals surface area contributed by atoms with E-state index in [0.29, 0.717) is 5.41 Å². The minimum Gasteiger partial charge on any atom is -0.419 e. The molecule has 0 bridgehead atoms. The van der Waals surface area contributed by atoms with Gasteiger partial charge in [-0.1, -0.05) is 41.5 Å². The number of rotatable bonds is 21. The van der Waals surface area contributed by atoms with Gasteiger partial charge >= 0.3 is 0 Å². The molecule has 0 radical (unpaired) electrons. The maximum absolute atomic E-state index is 6.40. The second kappa shape index (κ2) is 18.4. The predicted molar refractivity (Wildman–Crippen MR) is 148 cm³/mol. The van der Waals surface area contributed by atoms with Gasteiger partial charge in [0.05, 0.1) is 0 Å². The molecule has 0 aliphatic carbocycles. The zero-order chi connectivity index (χ0) is 24.5. The second-order valence-electron chi connectivity index (χ2n) is 10.6. The molecule has 0 saturated carbocycles. The average Bonchev–Trinajstić information content (AvgIpc) is 2.76. The van der Waals surface area contributed by atoms with Crippen LogP contribution in [0.5, 0.6) is 0 Å². The number of nitrogens with zero attached hydrogens (tertiary/aromatic N) is 3. The van der Waals surface area contributed by atoms with Gasteiger partial charge in [-0.15, -0.1) is 0 Å². The molecule has 0 amide bonds. The molecule has 0 atom stereocenters. The lowest BCUT2D eigenvalue weighted by molar-refractivity contribution is 0.125. The Morgan fingerprint density at radius 3 is 1.12 bits per heavy atom. The monoisotopic (exact) mass is 471 g/mol. The van der Waals surface area contributed by atoms with E-state index in [1.807, 2.05) is 0 Å². The van der Waals surface area contributed by atoms with Crippen LogP contribution in [-0.4, -0.2) is 89.0 Å². The van der Waals surface area contributed by atoms with Crippen LogP contribution in [0, 0.1) is 5.41 Å². The Kier molecular flexibility index (Phi) is 18.4. The highest BCUT2D eigenvalue weighted by molar-refractivity contribution is 6.27. The van der Waals surface area contributed by atoms with Crippen LogP contribution in [0.4, 0.5) is 0 Å². The maximum atomic E-state index is 6.40. The van der Waals surface area contributed by atoms with Crippen molar-refractivity contribution in [3.05, 3.63) is 0 Å². The van der Waals surface area contributed by atoms with Crippen LogP contribution in [0.15, 0.2) is 0 Å². The fraction of sp³-hybridized carbons (Fsp3) is 1.00. The van der Waals surface area contributed by atoms with E-state index in [9.17, 15) is 0 Å².